The maximum Gasteiger partial charge on any atom is 0.339 e. The Morgan fingerprint density at radius 3 is 2.35 bits per heavy atom. The third kappa shape index (κ3) is 5.29. The fourth-order valence-electron chi connectivity index (χ4n) is 2.31. The molecule has 0 saturated heterocycles. The lowest BCUT2D eigenvalue weighted by molar-refractivity contribution is 0.0587. The zero-order valence-corrected chi connectivity index (χ0v) is 15.4. The van der Waals surface area contributed by atoms with Gasteiger partial charge in [-0.2, -0.15) is 0 Å². The van der Waals surface area contributed by atoms with Gasteiger partial charge in [0.15, 0.2) is 5.11 Å². The summed E-state index contributed by atoms with van der Waals surface area (Å²) in [6.07, 6.45) is 0.800. The Labute approximate surface area is 157 Å². The van der Waals surface area contributed by atoms with Crippen LogP contribution in [0.5, 0.6) is 0 Å². The van der Waals surface area contributed by atoms with Crippen molar-refractivity contribution in [3.8, 4) is 0 Å². The second kappa shape index (κ2) is 9.53. The lowest BCUT2D eigenvalue weighted by Gasteiger charge is -2.14. The Morgan fingerprint density at radius 2 is 1.69 bits per heavy atom. The molecule has 0 unspecified atom stereocenters. The SMILES string of the molecule is COC(=O)c1ccc(C(=O)OC)c(NC(=S)NCCc2ccccc2)c1. The predicted molar refractivity (Wildman–Crippen MR) is 103 cm³/mol. The van der Waals surface area contributed by atoms with Crippen LogP contribution >= 0.6 is 12.2 Å². The molecule has 0 aromatic heterocycles. The molecule has 0 saturated carbocycles. The summed E-state index contributed by atoms with van der Waals surface area (Å²) in [6, 6.07) is 14.5. The topological polar surface area (TPSA) is 76.7 Å². The van der Waals surface area contributed by atoms with Crippen LogP contribution in [-0.4, -0.2) is 37.8 Å². The molecule has 136 valence electrons. The van der Waals surface area contributed by atoms with E-state index in [4.69, 9.17) is 21.7 Å². The highest BCUT2D eigenvalue weighted by Gasteiger charge is 2.16. The van der Waals surface area contributed by atoms with E-state index in [2.05, 4.69) is 10.6 Å². The zero-order valence-electron chi connectivity index (χ0n) is 14.6. The summed E-state index contributed by atoms with van der Waals surface area (Å²) in [5, 5.41) is 6.36. The van der Waals surface area contributed by atoms with Gasteiger partial charge in [0, 0.05) is 6.54 Å². The van der Waals surface area contributed by atoms with Crippen molar-refractivity contribution in [1.29, 1.82) is 0 Å². The molecular formula is C19H20N2O4S. The number of rotatable bonds is 6. The van der Waals surface area contributed by atoms with E-state index in [1.54, 1.807) is 0 Å². The Morgan fingerprint density at radius 1 is 1.00 bits per heavy atom. The number of carbonyl (C=O) groups excluding carboxylic acids is 2. The molecule has 7 heteroatoms. The van der Waals surface area contributed by atoms with Crippen LogP contribution < -0.4 is 10.6 Å². The van der Waals surface area contributed by atoms with Gasteiger partial charge in [-0.05, 0) is 42.4 Å². The first-order valence-electron chi connectivity index (χ1n) is 7.94. The third-order valence-electron chi connectivity index (χ3n) is 3.64. The van der Waals surface area contributed by atoms with Crippen molar-refractivity contribution >= 4 is 35.0 Å². The predicted octanol–water partition coefficient (Wildman–Crippen LogP) is 2.79. The molecule has 0 aliphatic heterocycles. The smallest absolute Gasteiger partial charge is 0.339 e. The lowest BCUT2D eigenvalue weighted by atomic mass is 10.1. The van der Waals surface area contributed by atoms with E-state index in [1.807, 2.05) is 30.3 Å². The Kier molecular flexibility index (Phi) is 7.11. The Balaban J connectivity index is 2.06. The first-order valence-corrected chi connectivity index (χ1v) is 8.35. The molecular weight excluding hydrogens is 352 g/mol. The van der Waals surface area contributed by atoms with Crippen LogP contribution in [-0.2, 0) is 15.9 Å². The Hall–Kier alpha value is -2.93. The van der Waals surface area contributed by atoms with Gasteiger partial charge in [0.25, 0.3) is 0 Å². The summed E-state index contributed by atoms with van der Waals surface area (Å²) >= 11 is 5.28. The molecule has 0 amide bonds. The number of esters is 2. The normalized spacial score (nSPS) is 9.92. The fraction of sp³-hybridized carbons (Fsp3) is 0.211. The van der Waals surface area contributed by atoms with E-state index in [9.17, 15) is 9.59 Å². The molecule has 0 radical (unpaired) electrons. The first kappa shape index (κ1) is 19.4. The van der Waals surface area contributed by atoms with Gasteiger partial charge >= 0.3 is 11.9 Å². The summed E-state index contributed by atoms with van der Waals surface area (Å²) in [6.45, 7) is 0.625. The standard InChI is InChI=1S/C19H20N2O4S/c1-24-17(22)14-8-9-15(18(23)25-2)16(12-14)21-19(26)20-11-10-13-6-4-3-5-7-13/h3-9,12H,10-11H2,1-2H3,(H2,20,21,26). The maximum atomic E-state index is 11.9. The van der Waals surface area contributed by atoms with Crippen molar-refractivity contribution < 1.29 is 19.1 Å². The molecule has 0 aliphatic carbocycles. The van der Waals surface area contributed by atoms with Crippen molar-refractivity contribution in [1.82, 2.24) is 5.32 Å². The number of ether oxygens (including phenoxy) is 2. The van der Waals surface area contributed by atoms with Crippen molar-refractivity contribution in [2.45, 2.75) is 6.42 Å². The van der Waals surface area contributed by atoms with Crippen LogP contribution in [0.15, 0.2) is 48.5 Å². The van der Waals surface area contributed by atoms with Gasteiger partial charge in [-0.25, -0.2) is 9.59 Å². The van der Waals surface area contributed by atoms with Crippen molar-refractivity contribution in [3.63, 3.8) is 0 Å². The lowest BCUT2D eigenvalue weighted by Crippen LogP contribution is -2.31. The van der Waals surface area contributed by atoms with Gasteiger partial charge in [0.2, 0.25) is 0 Å². The van der Waals surface area contributed by atoms with E-state index in [-0.39, 0.29) is 5.56 Å². The van der Waals surface area contributed by atoms with Crippen LogP contribution in [0.3, 0.4) is 0 Å². The molecule has 2 aromatic carbocycles. The van der Waals surface area contributed by atoms with E-state index < -0.39 is 11.9 Å². The maximum absolute atomic E-state index is 11.9. The molecule has 0 aliphatic rings. The van der Waals surface area contributed by atoms with Gasteiger partial charge in [0.05, 0.1) is 31.0 Å². The highest BCUT2D eigenvalue weighted by molar-refractivity contribution is 7.80. The van der Waals surface area contributed by atoms with Gasteiger partial charge in [-0.15, -0.1) is 0 Å². The zero-order chi connectivity index (χ0) is 18.9. The second-order valence-electron chi connectivity index (χ2n) is 5.36. The minimum absolute atomic E-state index is 0.271. The largest absolute Gasteiger partial charge is 0.465 e. The first-order chi connectivity index (χ1) is 12.5. The second-order valence-corrected chi connectivity index (χ2v) is 5.77. The van der Waals surface area contributed by atoms with Crippen molar-refractivity contribution in [3.05, 3.63) is 65.2 Å². The average Bonchev–Trinajstić information content (AvgIpc) is 2.67. The van der Waals surface area contributed by atoms with Crippen LogP contribution in [0.25, 0.3) is 0 Å². The van der Waals surface area contributed by atoms with Gasteiger partial charge in [-0.3, -0.25) is 0 Å². The minimum Gasteiger partial charge on any atom is -0.465 e. The average molecular weight is 372 g/mol. The fourth-order valence-corrected chi connectivity index (χ4v) is 2.52. The molecule has 26 heavy (non-hydrogen) atoms. The summed E-state index contributed by atoms with van der Waals surface area (Å²) in [7, 11) is 2.58. The molecule has 0 atom stereocenters. The van der Waals surface area contributed by atoms with Gasteiger partial charge in [-0.1, -0.05) is 30.3 Å². The van der Waals surface area contributed by atoms with Crippen LogP contribution in [0.2, 0.25) is 0 Å². The molecule has 6 nitrogen and oxygen atoms in total. The molecule has 2 rings (SSSR count). The summed E-state index contributed by atoms with van der Waals surface area (Å²) in [4.78, 5) is 23.6. The highest BCUT2D eigenvalue weighted by Crippen LogP contribution is 2.19. The molecule has 0 fully saturated rings. The summed E-state index contributed by atoms with van der Waals surface area (Å²) in [5.74, 6) is -1.04. The van der Waals surface area contributed by atoms with Crippen LogP contribution in [0.4, 0.5) is 5.69 Å². The van der Waals surface area contributed by atoms with E-state index in [0.29, 0.717) is 22.9 Å². The number of hydrogen-bond donors (Lipinski definition) is 2. The number of thiocarbonyl (C=S) groups is 1. The van der Waals surface area contributed by atoms with Crippen molar-refractivity contribution in [2.24, 2.45) is 0 Å². The molecule has 2 N–H and O–H groups in total. The number of nitrogens with one attached hydrogen (secondary N) is 2. The number of anilines is 1. The van der Waals surface area contributed by atoms with Gasteiger partial charge < -0.3 is 20.1 Å². The number of carbonyl (C=O) groups is 2. The van der Waals surface area contributed by atoms with Gasteiger partial charge in [0.1, 0.15) is 0 Å². The molecule has 2 aromatic rings. The number of benzene rings is 2. The summed E-state index contributed by atoms with van der Waals surface area (Å²) < 4.78 is 9.47. The van der Waals surface area contributed by atoms with E-state index in [0.717, 1.165) is 6.42 Å². The third-order valence-corrected chi connectivity index (χ3v) is 3.88. The van der Waals surface area contributed by atoms with Crippen molar-refractivity contribution in [2.75, 3.05) is 26.1 Å². The molecule has 0 bridgehead atoms. The number of hydrogen-bond acceptors (Lipinski definition) is 5. The number of methoxy groups -OCH3 is 2. The van der Waals surface area contributed by atoms with Crippen LogP contribution in [0, 0.1) is 0 Å². The van der Waals surface area contributed by atoms with E-state index in [1.165, 1.54) is 38.0 Å². The molecule has 0 heterocycles. The summed E-state index contributed by atoms with van der Waals surface area (Å²) in [5.41, 5.74) is 2.13. The quantitative estimate of drug-likeness (QED) is 0.596. The minimum atomic E-state index is -0.531. The Bertz CT molecular complexity index is 793. The monoisotopic (exact) mass is 372 g/mol. The van der Waals surface area contributed by atoms with Crippen LogP contribution in [0.1, 0.15) is 26.3 Å². The van der Waals surface area contributed by atoms with E-state index >= 15 is 0 Å². The molecule has 0 spiro atoms. The highest BCUT2D eigenvalue weighted by atomic mass is 32.1.